The quantitative estimate of drug-likeness (QED) is 0.696. The Morgan fingerprint density at radius 3 is 2.44 bits per heavy atom. The fourth-order valence-corrected chi connectivity index (χ4v) is 2.14. The predicted molar refractivity (Wildman–Crippen MR) is 65.4 cm³/mol. The molecule has 16 heavy (non-hydrogen) atoms. The van der Waals surface area contributed by atoms with Crippen LogP contribution in [-0.4, -0.2) is 19.6 Å². The average molecular weight is 245 g/mol. The zero-order valence-electron chi connectivity index (χ0n) is 9.75. The van der Waals surface area contributed by atoms with E-state index in [1.165, 1.54) is 12.1 Å². The Kier molecular flexibility index (Phi) is 5.78. The van der Waals surface area contributed by atoms with Gasteiger partial charge in [0.15, 0.2) is 0 Å². The minimum Gasteiger partial charge on any atom is -0.384 e. The van der Waals surface area contributed by atoms with Crippen LogP contribution in [0.25, 0.3) is 0 Å². The molecule has 0 fully saturated rings. The third kappa shape index (κ3) is 4.11. The van der Waals surface area contributed by atoms with Gasteiger partial charge in [0, 0.05) is 19.6 Å². The molecule has 0 aliphatic carbocycles. The lowest BCUT2D eigenvalue weighted by molar-refractivity contribution is 0.135. The van der Waals surface area contributed by atoms with E-state index in [0.29, 0.717) is 24.3 Å². The maximum atomic E-state index is 12.7. The van der Waals surface area contributed by atoms with Gasteiger partial charge in [0.2, 0.25) is 0 Å². The minimum atomic E-state index is -0.198. The van der Waals surface area contributed by atoms with Crippen molar-refractivity contribution in [1.29, 1.82) is 0 Å². The van der Waals surface area contributed by atoms with Crippen molar-refractivity contribution in [3.8, 4) is 0 Å². The summed E-state index contributed by atoms with van der Waals surface area (Å²) < 4.78 is 17.9. The summed E-state index contributed by atoms with van der Waals surface area (Å²) in [6.07, 6.45) is 0.869. The molecule has 0 heterocycles. The van der Waals surface area contributed by atoms with E-state index in [9.17, 15) is 4.39 Å². The second kappa shape index (κ2) is 6.87. The standard InChI is InChI=1S/C13H18ClFO/c1-10(9-16-2)12(8-14)7-11-3-5-13(15)6-4-11/h3-6,10,12H,7-9H2,1-2H3. The molecule has 1 aromatic carbocycles. The molecular weight excluding hydrogens is 227 g/mol. The summed E-state index contributed by atoms with van der Waals surface area (Å²) in [5.41, 5.74) is 1.12. The highest BCUT2D eigenvalue weighted by Crippen LogP contribution is 2.19. The van der Waals surface area contributed by atoms with Gasteiger partial charge in [0.1, 0.15) is 5.82 Å². The van der Waals surface area contributed by atoms with E-state index in [1.807, 2.05) is 12.1 Å². The molecule has 2 atom stereocenters. The third-order valence-corrected chi connectivity index (χ3v) is 3.24. The summed E-state index contributed by atoms with van der Waals surface area (Å²) in [5, 5.41) is 0. The summed E-state index contributed by atoms with van der Waals surface area (Å²) in [5.74, 6) is 1.18. The van der Waals surface area contributed by atoms with E-state index in [2.05, 4.69) is 6.92 Å². The molecular formula is C13H18ClFO. The topological polar surface area (TPSA) is 9.23 Å². The van der Waals surface area contributed by atoms with E-state index in [0.717, 1.165) is 12.0 Å². The molecule has 1 rings (SSSR count). The van der Waals surface area contributed by atoms with Crippen LogP contribution >= 0.6 is 11.6 Å². The number of alkyl halides is 1. The molecule has 0 spiro atoms. The second-order valence-electron chi connectivity index (χ2n) is 4.18. The highest BCUT2D eigenvalue weighted by atomic mass is 35.5. The third-order valence-electron chi connectivity index (χ3n) is 2.84. The Balaban J connectivity index is 2.59. The molecule has 0 bridgehead atoms. The van der Waals surface area contributed by atoms with Crippen molar-refractivity contribution in [3.05, 3.63) is 35.6 Å². The Labute approximate surface area is 102 Å². The van der Waals surface area contributed by atoms with Crippen LogP contribution in [0.5, 0.6) is 0 Å². The summed E-state index contributed by atoms with van der Waals surface area (Å²) >= 11 is 5.95. The SMILES string of the molecule is COCC(C)C(CCl)Cc1ccc(F)cc1. The number of hydrogen-bond acceptors (Lipinski definition) is 1. The number of halogens is 2. The Morgan fingerprint density at radius 2 is 1.94 bits per heavy atom. The smallest absolute Gasteiger partial charge is 0.123 e. The highest BCUT2D eigenvalue weighted by molar-refractivity contribution is 6.18. The van der Waals surface area contributed by atoms with Gasteiger partial charge in [-0.05, 0) is 36.0 Å². The summed E-state index contributed by atoms with van der Waals surface area (Å²) in [6.45, 7) is 2.83. The minimum absolute atomic E-state index is 0.198. The van der Waals surface area contributed by atoms with Crippen molar-refractivity contribution in [3.63, 3.8) is 0 Å². The molecule has 0 radical (unpaired) electrons. The predicted octanol–water partition coefficient (Wildman–Crippen LogP) is 3.51. The summed E-state index contributed by atoms with van der Waals surface area (Å²) in [4.78, 5) is 0. The van der Waals surface area contributed by atoms with Crippen molar-refractivity contribution < 1.29 is 9.13 Å². The zero-order chi connectivity index (χ0) is 12.0. The van der Waals surface area contributed by atoms with E-state index in [-0.39, 0.29) is 5.82 Å². The van der Waals surface area contributed by atoms with Crippen molar-refractivity contribution in [2.45, 2.75) is 13.3 Å². The molecule has 2 unspecified atom stereocenters. The lowest BCUT2D eigenvalue weighted by atomic mass is 9.90. The average Bonchev–Trinajstić information content (AvgIpc) is 2.28. The van der Waals surface area contributed by atoms with Gasteiger partial charge >= 0.3 is 0 Å². The van der Waals surface area contributed by atoms with Gasteiger partial charge in [0.25, 0.3) is 0 Å². The molecule has 0 amide bonds. The zero-order valence-corrected chi connectivity index (χ0v) is 10.5. The fraction of sp³-hybridized carbons (Fsp3) is 0.538. The largest absolute Gasteiger partial charge is 0.384 e. The van der Waals surface area contributed by atoms with E-state index in [1.54, 1.807) is 7.11 Å². The van der Waals surface area contributed by atoms with Crippen molar-refractivity contribution in [1.82, 2.24) is 0 Å². The first-order chi connectivity index (χ1) is 7.67. The van der Waals surface area contributed by atoms with Crippen LogP contribution in [0.4, 0.5) is 4.39 Å². The number of methoxy groups -OCH3 is 1. The molecule has 0 aromatic heterocycles. The first-order valence-electron chi connectivity index (χ1n) is 5.46. The van der Waals surface area contributed by atoms with Gasteiger partial charge < -0.3 is 4.74 Å². The molecule has 0 saturated carbocycles. The van der Waals surface area contributed by atoms with E-state index in [4.69, 9.17) is 16.3 Å². The molecule has 0 N–H and O–H groups in total. The summed E-state index contributed by atoms with van der Waals surface area (Å²) in [7, 11) is 1.69. The lowest BCUT2D eigenvalue weighted by Gasteiger charge is -2.21. The van der Waals surface area contributed by atoms with Crippen LogP contribution in [-0.2, 0) is 11.2 Å². The van der Waals surface area contributed by atoms with Crippen LogP contribution in [0.15, 0.2) is 24.3 Å². The fourth-order valence-electron chi connectivity index (χ4n) is 1.73. The maximum Gasteiger partial charge on any atom is 0.123 e. The normalized spacial score (nSPS) is 14.8. The molecule has 90 valence electrons. The van der Waals surface area contributed by atoms with E-state index >= 15 is 0 Å². The van der Waals surface area contributed by atoms with E-state index < -0.39 is 0 Å². The van der Waals surface area contributed by atoms with Crippen molar-refractivity contribution in [2.75, 3.05) is 19.6 Å². The monoisotopic (exact) mass is 244 g/mol. The van der Waals surface area contributed by atoms with Gasteiger partial charge in [-0.15, -0.1) is 11.6 Å². The first-order valence-corrected chi connectivity index (χ1v) is 6.00. The van der Waals surface area contributed by atoms with Gasteiger partial charge in [-0.1, -0.05) is 19.1 Å². The van der Waals surface area contributed by atoms with Crippen molar-refractivity contribution in [2.24, 2.45) is 11.8 Å². The van der Waals surface area contributed by atoms with Crippen LogP contribution in [0, 0.1) is 17.7 Å². The molecule has 1 aromatic rings. The Bertz CT molecular complexity index is 299. The molecule has 1 nitrogen and oxygen atoms in total. The molecule has 0 aliphatic heterocycles. The Morgan fingerprint density at radius 1 is 1.31 bits per heavy atom. The maximum absolute atomic E-state index is 12.7. The first kappa shape index (κ1) is 13.5. The number of hydrogen-bond donors (Lipinski definition) is 0. The summed E-state index contributed by atoms with van der Waals surface area (Å²) in [6, 6.07) is 6.60. The van der Waals surface area contributed by atoms with Crippen molar-refractivity contribution >= 4 is 11.6 Å². The van der Waals surface area contributed by atoms with Gasteiger partial charge in [-0.25, -0.2) is 4.39 Å². The van der Waals surface area contributed by atoms with Crippen LogP contribution < -0.4 is 0 Å². The van der Waals surface area contributed by atoms with Crippen LogP contribution in [0.1, 0.15) is 12.5 Å². The van der Waals surface area contributed by atoms with Crippen LogP contribution in [0.2, 0.25) is 0 Å². The highest BCUT2D eigenvalue weighted by Gasteiger charge is 2.16. The van der Waals surface area contributed by atoms with Gasteiger partial charge in [-0.3, -0.25) is 0 Å². The number of rotatable bonds is 6. The Hall–Kier alpha value is -0.600. The number of benzene rings is 1. The van der Waals surface area contributed by atoms with Crippen LogP contribution in [0.3, 0.4) is 0 Å². The molecule has 0 aliphatic rings. The second-order valence-corrected chi connectivity index (χ2v) is 4.49. The molecule has 3 heteroatoms. The van der Waals surface area contributed by atoms with Gasteiger partial charge in [0.05, 0.1) is 0 Å². The number of ether oxygens (including phenoxy) is 1. The lowest BCUT2D eigenvalue weighted by Crippen LogP contribution is -2.20. The molecule has 0 saturated heterocycles. The van der Waals surface area contributed by atoms with Gasteiger partial charge in [-0.2, -0.15) is 0 Å².